The summed E-state index contributed by atoms with van der Waals surface area (Å²) in [6, 6.07) is 15.9. The molecule has 1 saturated carbocycles. The molecule has 2 fully saturated rings. The lowest BCUT2D eigenvalue weighted by Crippen LogP contribution is -2.38. The van der Waals surface area contributed by atoms with Crippen molar-refractivity contribution in [1.29, 1.82) is 10.5 Å². The molecule has 236 valence electrons. The van der Waals surface area contributed by atoms with Crippen LogP contribution in [-0.2, 0) is 13.2 Å². The fourth-order valence-corrected chi connectivity index (χ4v) is 6.19. The number of likely N-dealkylation sites (tertiary alicyclic amines) is 1. The van der Waals surface area contributed by atoms with Crippen molar-refractivity contribution in [3.63, 3.8) is 0 Å². The number of pyridine rings is 1. The van der Waals surface area contributed by atoms with Crippen LogP contribution in [0.15, 0.2) is 48.5 Å². The Kier molecular flexibility index (Phi) is 8.57. The van der Waals surface area contributed by atoms with Gasteiger partial charge in [0.1, 0.15) is 29.9 Å². The zero-order valence-electron chi connectivity index (χ0n) is 25.2. The molecule has 1 atom stereocenters. The Bertz CT molecular complexity index is 1870. The number of ether oxygens (including phenoxy) is 2. The molecule has 1 saturated heterocycles. The smallest absolute Gasteiger partial charge is 0.335 e. The molecule has 2 aromatic carbocycles. The first kappa shape index (κ1) is 30.9. The Hall–Kier alpha value is -5.07. The highest BCUT2D eigenvalue weighted by molar-refractivity contribution is 5.92. The van der Waals surface area contributed by atoms with Crippen LogP contribution < -0.4 is 9.47 Å². The average molecular weight is 627 g/mol. The minimum Gasteiger partial charge on any atom is -0.478 e. The number of nitrogens with zero attached hydrogens (tertiary/aromatic N) is 6. The lowest BCUT2D eigenvalue weighted by atomic mass is 9.94. The molecule has 0 spiro atoms. The molecule has 0 amide bonds. The van der Waals surface area contributed by atoms with Crippen molar-refractivity contribution in [2.24, 2.45) is 5.41 Å². The third-order valence-electron chi connectivity index (χ3n) is 9.11. The van der Waals surface area contributed by atoms with E-state index in [0.717, 1.165) is 18.9 Å². The fraction of sp³-hybridized carbons (Fsp3) is 0.382. The Balaban J connectivity index is 1.12. The molecule has 46 heavy (non-hydrogen) atoms. The van der Waals surface area contributed by atoms with Crippen LogP contribution in [-0.4, -0.2) is 49.7 Å². The van der Waals surface area contributed by atoms with E-state index in [4.69, 9.17) is 14.7 Å². The summed E-state index contributed by atoms with van der Waals surface area (Å²) >= 11 is 0. The maximum Gasteiger partial charge on any atom is 0.335 e. The first-order chi connectivity index (χ1) is 22.2. The molecule has 1 aliphatic carbocycles. The second-order valence-corrected chi connectivity index (χ2v) is 12.0. The van der Waals surface area contributed by atoms with E-state index in [1.54, 1.807) is 18.2 Å². The number of rotatable bonds is 11. The molecule has 4 aromatic rings. The van der Waals surface area contributed by atoms with Crippen LogP contribution in [0.25, 0.3) is 11.0 Å². The van der Waals surface area contributed by atoms with Gasteiger partial charge in [-0.3, -0.25) is 4.90 Å². The van der Waals surface area contributed by atoms with Gasteiger partial charge in [0.25, 0.3) is 0 Å². The van der Waals surface area contributed by atoms with E-state index >= 15 is 4.39 Å². The quantitative estimate of drug-likeness (QED) is 0.208. The summed E-state index contributed by atoms with van der Waals surface area (Å²) in [6.45, 7) is 3.76. The molecule has 1 aliphatic heterocycles. The van der Waals surface area contributed by atoms with E-state index in [2.05, 4.69) is 20.9 Å². The third-order valence-corrected chi connectivity index (χ3v) is 9.11. The number of carboxylic acids is 1. The topological polar surface area (TPSA) is 137 Å². The molecule has 12 heteroatoms. The Morgan fingerprint density at radius 3 is 2.52 bits per heavy atom. The summed E-state index contributed by atoms with van der Waals surface area (Å²) in [7, 11) is 0. The van der Waals surface area contributed by atoms with Crippen molar-refractivity contribution in [3.8, 4) is 23.9 Å². The molecular weight excluding hydrogens is 594 g/mol. The van der Waals surface area contributed by atoms with Gasteiger partial charge < -0.3 is 19.1 Å². The van der Waals surface area contributed by atoms with Gasteiger partial charge in [0.2, 0.25) is 11.8 Å². The van der Waals surface area contributed by atoms with Gasteiger partial charge in [-0.05, 0) is 56.9 Å². The summed E-state index contributed by atoms with van der Waals surface area (Å²) in [5.74, 6) is -1.10. The van der Waals surface area contributed by atoms with Gasteiger partial charge in [0.15, 0.2) is 5.82 Å². The van der Waals surface area contributed by atoms with Gasteiger partial charge in [-0.1, -0.05) is 12.1 Å². The number of hydrogen-bond donors (Lipinski definition) is 1. The second kappa shape index (κ2) is 12.7. The number of nitriles is 2. The molecule has 1 N–H and O–H groups in total. The lowest BCUT2D eigenvalue weighted by Gasteiger charge is -2.32. The number of carbonyl (C=O) groups is 1. The van der Waals surface area contributed by atoms with Crippen LogP contribution in [0.1, 0.15) is 72.4 Å². The number of imidazole rings is 1. The van der Waals surface area contributed by atoms with E-state index in [1.165, 1.54) is 24.3 Å². The zero-order chi connectivity index (χ0) is 32.4. The van der Waals surface area contributed by atoms with Crippen LogP contribution >= 0.6 is 0 Å². The van der Waals surface area contributed by atoms with Gasteiger partial charge in [-0.25, -0.2) is 18.6 Å². The van der Waals surface area contributed by atoms with Gasteiger partial charge in [0, 0.05) is 48.7 Å². The molecule has 6 rings (SSSR count). The summed E-state index contributed by atoms with van der Waals surface area (Å²) in [4.78, 5) is 23.0. The van der Waals surface area contributed by atoms with E-state index in [1.807, 2.05) is 17.6 Å². The predicted molar refractivity (Wildman–Crippen MR) is 162 cm³/mol. The highest BCUT2D eigenvalue weighted by Crippen LogP contribution is 2.57. The number of fused-ring (bicyclic) bond motifs is 1. The highest BCUT2D eigenvalue weighted by atomic mass is 19.1. The monoisotopic (exact) mass is 626 g/mol. The van der Waals surface area contributed by atoms with Crippen molar-refractivity contribution in [2.45, 2.75) is 64.3 Å². The summed E-state index contributed by atoms with van der Waals surface area (Å²) in [6.07, 6.45) is 3.41. The molecule has 10 nitrogen and oxygen atoms in total. The molecule has 2 aliphatic rings. The van der Waals surface area contributed by atoms with Crippen molar-refractivity contribution in [3.05, 3.63) is 82.7 Å². The Morgan fingerprint density at radius 2 is 1.85 bits per heavy atom. The number of piperidine rings is 1. The summed E-state index contributed by atoms with van der Waals surface area (Å²) in [5.41, 5.74) is 0.724. The summed E-state index contributed by atoms with van der Waals surface area (Å²) in [5, 5.41) is 28.0. The number of benzene rings is 2. The number of halogens is 2. The Labute approximate surface area is 264 Å². The standard InChI is InChI=1S/C34H32F2N6O4/c1-21(34(9-10-34)11-12-37)42-28-17-24(33(43)44)16-27(36)32(28)39-29(42)19-41-13-7-25(8-14-41)46-31-4-2-3-30(40-31)45-20-23-6-5-22(18-38)15-26(23)35/h2-6,15-17,21,25H,7-11,13-14,19-20H2,1H3,(H,43,44). The lowest BCUT2D eigenvalue weighted by molar-refractivity contribution is 0.0696. The van der Waals surface area contributed by atoms with Crippen LogP contribution in [0.3, 0.4) is 0 Å². The Morgan fingerprint density at radius 1 is 1.09 bits per heavy atom. The summed E-state index contributed by atoms with van der Waals surface area (Å²) < 4.78 is 43.1. The van der Waals surface area contributed by atoms with Gasteiger partial charge in [0.05, 0.1) is 35.3 Å². The number of hydrogen-bond acceptors (Lipinski definition) is 8. The fourth-order valence-electron chi connectivity index (χ4n) is 6.19. The first-order valence-corrected chi connectivity index (χ1v) is 15.2. The van der Waals surface area contributed by atoms with Crippen LogP contribution in [0, 0.1) is 39.7 Å². The number of carboxylic acid groups (broad SMARTS) is 1. The normalized spacial score (nSPS) is 16.8. The number of aromatic carboxylic acids is 1. The van der Waals surface area contributed by atoms with Crippen molar-refractivity contribution >= 4 is 17.0 Å². The van der Waals surface area contributed by atoms with E-state index in [9.17, 15) is 19.6 Å². The predicted octanol–water partition coefficient (Wildman–Crippen LogP) is 6.16. The average Bonchev–Trinajstić information content (AvgIpc) is 3.74. The SMILES string of the molecule is CC(n1c(CN2CCC(Oc3cccc(OCc4ccc(C#N)cc4F)n3)CC2)nc2c(F)cc(C(=O)O)cc21)C1(CC#N)CC1. The molecule has 0 bridgehead atoms. The van der Waals surface area contributed by atoms with E-state index in [0.29, 0.717) is 61.7 Å². The molecular formula is C34H32F2N6O4. The second-order valence-electron chi connectivity index (χ2n) is 12.0. The minimum absolute atomic E-state index is 0.0467. The molecule has 0 radical (unpaired) electrons. The minimum atomic E-state index is -1.21. The van der Waals surface area contributed by atoms with E-state index in [-0.39, 0.29) is 46.7 Å². The van der Waals surface area contributed by atoms with Crippen LogP contribution in [0.4, 0.5) is 8.78 Å². The molecule has 1 unspecified atom stereocenters. The van der Waals surface area contributed by atoms with Crippen molar-refractivity contribution in [2.75, 3.05) is 13.1 Å². The number of aromatic nitrogens is 3. The van der Waals surface area contributed by atoms with Crippen LogP contribution in [0.2, 0.25) is 0 Å². The maximum absolute atomic E-state index is 15.1. The van der Waals surface area contributed by atoms with Gasteiger partial charge >= 0.3 is 5.97 Å². The van der Waals surface area contributed by atoms with Gasteiger partial charge in [-0.2, -0.15) is 15.5 Å². The van der Waals surface area contributed by atoms with Crippen molar-refractivity contribution < 1.29 is 28.2 Å². The largest absolute Gasteiger partial charge is 0.478 e. The molecule has 2 aromatic heterocycles. The molecule has 3 heterocycles. The maximum atomic E-state index is 15.1. The van der Waals surface area contributed by atoms with Gasteiger partial charge in [-0.15, -0.1) is 0 Å². The van der Waals surface area contributed by atoms with Crippen molar-refractivity contribution in [1.82, 2.24) is 19.4 Å². The highest BCUT2D eigenvalue weighted by Gasteiger charge is 2.49. The third kappa shape index (κ3) is 6.35. The first-order valence-electron chi connectivity index (χ1n) is 15.2. The van der Waals surface area contributed by atoms with E-state index < -0.39 is 17.6 Å². The zero-order valence-corrected chi connectivity index (χ0v) is 25.2. The van der Waals surface area contributed by atoms with Crippen LogP contribution in [0.5, 0.6) is 11.8 Å².